The van der Waals surface area contributed by atoms with Crippen LogP contribution in [0.3, 0.4) is 0 Å². The van der Waals surface area contributed by atoms with Gasteiger partial charge in [-0.05, 0) is 38.1 Å². The molecule has 23 heavy (non-hydrogen) atoms. The fraction of sp³-hybridized carbons (Fsp3) is 0.688. The molecular weight excluding hydrogens is 312 g/mol. The highest BCUT2D eigenvalue weighted by Gasteiger charge is 2.42. The first kappa shape index (κ1) is 14.1. The molecule has 0 radical (unpaired) electrons. The second-order valence-corrected chi connectivity index (χ2v) is 7.84. The van der Waals surface area contributed by atoms with Crippen molar-refractivity contribution in [3.8, 4) is 0 Å². The Kier molecular flexibility index (Phi) is 3.45. The number of hydrogen-bond acceptors (Lipinski definition) is 7. The summed E-state index contributed by atoms with van der Waals surface area (Å²) in [6.45, 7) is 3.03. The Morgan fingerprint density at radius 1 is 1.22 bits per heavy atom. The topological polar surface area (TPSA) is 64.3 Å². The molecule has 0 aromatic carbocycles. The van der Waals surface area contributed by atoms with Crippen molar-refractivity contribution < 1.29 is 9.15 Å². The molecule has 4 heterocycles. The molecule has 0 N–H and O–H groups in total. The molecule has 0 amide bonds. The summed E-state index contributed by atoms with van der Waals surface area (Å²) >= 11 is 1.72. The van der Waals surface area contributed by atoms with Crippen molar-refractivity contribution in [1.29, 1.82) is 0 Å². The van der Waals surface area contributed by atoms with E-state index in [1.807, 2.05) is 11.6 Å². The highest BCUT2D eigenvalue weighted by molar-refractivity contribution is 7.09. The van der Waals surface area contributed by atoms with Gasteiger partial charge >= 0.3 is 0 Å². The summed E-state index contributed by atoms with van der Waals surface area (Å²) < 4.78 is 12.1. The predicted molar refractivity (Wildman–Crippen MR) is 84.0 cm³/mol. The number of piperidine rings is 1. The summed E-state index contributed by atoms with van der Waals surface area (Å²) in [7, 11) is 0. The minimum Gasteiger partial charge on any atom is -0.422 e. The average molecular weight is 332 g/mol. The molecule has 0 unspecified atom stereocenters. The zero-order chi connectivity index (χ0) is 15.2. The molecule has 2 aromatic rings. The van der Waals surface area contributed by atoms with Crippen LogP contribution in [0.25, 0.3) is 0 Å². The molecule has 2 aliphatic heterocycles. The first-order valence-corrected chi connectivity index (χ1v) is 9.32. The Bertz CT molecular complexity index is 669. The maximum Gasteiger partial charge on any atom is 0.245 e. The Labute approximate surface area is 138 Å². The van der Waals surface area contributed by atoms with Crippen LogP contribution in [0.2, 0.25) is 0 Å². The summed E-state index contributed by atoms with van der Waals surface area (Å²) in [6, 6.07) is 0. The molecule has 3 atom stereocenters. The number of fused-ring (bicyclic) bond motifs is 1. The fourth-order valence-electron chi connectivity index (χ4n) is 3.69. The van der Waals surface area contributed by atoms with E-state index in [1.54, 1.807) is 11.3 Å². The summed E-state index contributed by atoms with van der Waals surface area (Å²) in [5.41, 5.74) is 0. The summed E-state index contributed by atoms with van der Waals surface area (Å²) in [5, 5.41) is 11.6. The van der Waals surface area contributed by atoms with Gasteiger partial charge in [-0.25, -0.2) is 4.98 Å². The smallest absolute Gasteiger partial charge is 0.245 e. The van der Waals surface area contributed by atoms with E-state index in [9.17, 15) is 0 Å². The lowest BCUT2D eigenvalue weighted by molar-refractivity contribution is -0.0177. The van der Waals surface area contributed by atoms with Crippen LogP contribution in [0.5, 0.6) is 0 Å². The quantitative estimate of drug-likeness (QED) is 0.858. The van der Waals surface area contributed by atoms with E-state index in [2.05, 4.69) is 20.1 Å². The van der Waals surface area contributed by atoms with Gasteiger partial charge in [0.25, 0.3) is 0 Å². The van der Waals surface area contributed by atoms with Gasteiger partial charge in [-0.3, -0.25) is 4.90 Å². The predicted octanol–water partition coefficient (Wildman–Crippen LogP) is 2.76. The third kappa shape index (κ3) is 2.81. The molecule has 2 saturated heterocycles. The van der Waals surface area contributed by atoms with Crippen LogP contribution >= 0.6 is 11.3 Å². The van der Waals surface area contributed by atoms with Gasteiger partial charge in [0.1, 0.15) is 11.1 Å². The van der Waals surface area contributed by atoms with Gasteiger partial charge in [-0.1, -0.05) is 0 Å². The molecule has 1 aliphatic carbocycles. The van der Waals surface area contributed by atoms with E-state index < -0.39 is 0 Å². The van der Waals surface area contributed by atoms with Gasteiger partial charge in [-0.2, -0.15) is 0 Å². The van der Waals surface area contributed by atoms with E-state index in [4.69, 9.17) is 9.15 Å². The number of aromatic nitrogens is 3. The van der Waals surface area contributed by atoms with Crippen LogP contribution in [0.1, 0.15) is 54.5 Å². The first-order chi connectivity index (χ1) is 11.3. The summed E-state index contributed by atoms with van der Waals surface area (Å²) in [4.78, 5) is 6.84. The van der Waals surface area contributed by atoms with E-state index in [1.165, 1.54) is 24.3 Å². The largest absolute Gasteiger partial charge is 0.422 e. The number of hydrogen-bond donors (Lipinski definition) is 0. The van der Waals surface area contributed by atoms with Gasteiger partial charge in [0.15, 0.2) is 0 Å². The Balaban J connectivity index is 1.23. The van der Waals surface area contributed by atoms with Crippen LogP contribution in [-0.2, 0) is 11.3 Å². The molecule has 6 nitrogen and oxygen atoms in total. The average Bonchev–Trinajstić information content (AvgIpc) is 2.99. The molecule has 5 rings (SSSR count). The number of likely N-dealkylation sites (tertiary alicyclic amines) is 1. The van der Waals surface area contributed by atoms with Crippen LogP contribution in [0.4, 0.5) is 0 Å². The van der Waals surface area contributed by atoms with E-state index in [-0.39, 0.29) is 12.2 Å². The maximum atomic E-state index is 6.26. The van der Waals surface area contributed by atoms with Crippen LogP contribution in [0, 0.1) is 5.92 Å². The monoisotopic (exact) mass is 332 g/mol. The standard InChI is InChI=1S/C16H20N4O2S/c1-2-10(1)15-18-19-16(22-15)12-7-11-3-5-20(8-13(11)21-12)9-14-17-4-6-23-14/h4,6,10-13H,1-3,5,7-9H2/t11-,12-,13+/m1/s1. The molecule has 122 valence electrons. The van der Waals surface area contributed by atoms with Crippen molar-refractivity contribution in [3.05, 3.63) is 28.4 Å². The number of ether oxygens (including phenoxy) is 1. The molecule has 0 bridgehead atoms. The number of thiazole rings is 1. The molecule has 3 fully saturated rings. The second-order valence-electron chi connectivity index (χ2n) is 6.86. The van der Waals surface area contributed by atoms with Gasteiger partial charge in [0.2, 0.25) is 11.8 Å². The second kappa shape index (κ2) is 5.65. The molecular formula is C16H20N4O2S. The Hall–Kier alpha value is -1.31. The van der Waals surface area contributed by atoms with Crippen LogP contribution in [0.15, 0.2) is 16.0 Å². The third-order valence-electron chi connectivity index (χ3n) is 5.14. The molecule has 0 spiro atoms. The molecule has 1 saturated carbocycles. The van der Waals surface area contributed by atoms with Crippen molar-refractivity contribution >= 4 is 11.3 Å². The highest BCUT2D eigenvalue weighted by Crippen LogP contribution is 2.43. The van der Waals surface area contributed by atoms with E-state index in [0.29, 0.717) is 17.7 Å². The minimum absolute atomic E-state index is 0.00943. The number of nitrogens with zero attached hydrogens (tertiary/aromatic N) is 4. The fourth-order valence-corrected chi connectivity index (χ4v) is 4.35. The van der Waals surface area contributed by atoms with Crippen molar-refractivity contribution in [2.24, 2.45) is 5.92 Å². The van der Waals surface area contributed by atoms with Crippen LogP contribution < -0.4 is 0 Å². The Morgan fingerprint density at radius 3 is 2.96 bits per heavy atom. The summed E-state index contributed by atoms with van der Waals surface area (Å²) in [5.74, 6) is 2.62. The third-order valence-corrected chi connectivity index (χ3v) is 5.90. The maximum absolute atomic E-state index is 6.26. The van der Waals surface area contributed by atoms with Crippen molar-refractivity contribution in [1.82, 2.24) is 20.1 Å². The van der Waals surface area contributed by atoms with Crippen LogP contribution in [-0.4, -0.2) is 39.3 Å². The summed E-state index contributed by atoms with van der Waals surface area (Å²) in [6.07, 6.45) is 6.71. The van der Waals surface area contributed by atoms with E-state index in [0.717, 1.165) is 31.9 Å². The van der Waals surface area contributed by atoms with Gasteiger partial charge in [-0.15, -0.1) is 21.5 Å². The van der Waals surface area contributed by atoms with Gasteiger partial charge in [0.05, 0.1) is 12.6 Å². The van der Waals surface area contributed by atoms with Crippen molar-refractivity contribution in [2.45, 2.75) is 50.4 Å². The normalized spacial score (nSPS) is 31.4. The SMILES string of the molecule is c1csc(CN2CC[C@@H]3C[C@H](c4nnc(C5CC5)o4)O[C@H]3C2)n1. The lowest BCUT2D eigenvalue weighted by atomic mass is 9.92. The zero-order valence-electron chi connectivity index (χ0n) is 12.9. The first-order valence-electron chi connectivity index (χ1n) is 8.44. The number of rotatable bonds is 4. The van der Waals surface area contributed by atoms with Crippen molar-refractivity contribution in [2.75, 3.05) is 13.1 Å². The highest BCUT2D eigenvalue weighted by atomic mass is 32.1. The molecule has 3 aliphatic rings. The molecule has 7 heteroatoms. The molecule has 2 aromatic heterocycles. The zero-order valence-corrected chi connectivity index (χ0v) is 13.7. The van der Waals surface area contributed by atoms with Gasteiger partial charge in [0, 0.05) is 24.0 Å². The lowest BCUT2D eigenvalue weighted by Crippen LogP contribution is -2.41. The van der Waals surface area contributed by atoms with E-state index >= 15 is 0 Å². The van der Waals surface area contributed by atoms with Gasteiger partial charge < -0.3 is 9.15 Å². The lowest BCUT2D eigenvalue weighted by Gasteiger charge is -2.33. The minimum atomic E-state index is -0.00943. The Morgan fingerprint density at radius 2 is 2.13 bits per heavy atom. The van der Waals surface area contributed by atoms with Crippen molar-refractivity contribution in [3.63, 3.8) is 0 Å².